The van der Waals surface area contributed by atoms with E-state index in [0.29, 0.717) is 5.69 Å². The first-order valence-corrected chi connectivity index (χ1v) is 5.55. The second-order valence-corrected chi connectivity index (χ2v) is 4.24. The smallest absolute Gasteiger partial charge is 0.360 e. The minimum atomic E-state index is -1.18. The molecule has 3 rings (SSSR count). The molecule has 3 aromatic rings. The maximum Gasteiger partial charge on any atom is 0.360 e. The molecule has 0 aromatic carbocycles. The fourth-order valence-electron chi connectivity index (χ4n) is 1.61. The number of fused-ring (bicyclic) bond motifs is 1. The first-order chi connectivity index (χ1) is 8.18. The molecule has 0 saturated heterocycles. The Labute approximate surface area is 98.3 Å². The Kier molecular flexibility index (Phi) is 1.99. The Bertz CT molecular complexity index is 711. The van der Waals surface area contributed by atoms with E-state index in [9.17, 15) is 4.79 Å². The first-order valence-electron chi connectivity index (χ1n) is 4.67. The molecule has 0 amide bonds. The largest absolute Gasteiger partial charge is 0.476 e. The van der Waals surface area contributed by atoms with E-state index in [4.69, 9.17) is 5.11 Å². The van der Waals surface area contributed by atoms with Crippen LogP contribution in [0.3, 0.4) is 0 Å². The van der Waals surface area contributed by atoms with E-state index in [1.165, 1.54) is 11.3 Å². The van der Waals surface area contributed by atoms with Gasteiger partial charge >= 0.3 is 5.97 Å². The van der Waals surface area contributed by atoms with Crippen molar-refractivity contribution in [3.8, 4) is 11.4 Å². The van der Waals surface area contributed by atoms with Crippen molar-refractivity contribution in [2.75, 3.05) is 0 Å². The minimum absolute atomic E-state index is 0.158. The molecule has 0 spiro atoms. The van der Waals surface area contributed by atoms with Crippen molar-refractivity contribution >= 4 is 22.3 Å². The minimum Gasteiger partial charge on any atom is -0.476 e. The molecule has 0 aliphatic rings. The summed E-state index contributed by atoms with van der Waals surface area (Å²) in [4.78, 5) is 16.0. The summed E-state index contributed by atoms with van der Waals surface area (Å²) >= 11 is 1.46. The second-order valence-electron chi connectivity index (χ2n) is 3.37. The van der Waals surface area contributed by atoms with Crippen molar-refractivity contribution in [3.63, 3.8) is 0 Å². The SMILES string of the molecule is Cc1c(-c2nonc2C(=O)O)nc2sccn12. The van der Waals surface area contributed by atoms with E-state index in [0.717, 1.165) is 10.7 Å². The maximum atomic E-state index is 10.9. The molecule has 3 aromatic heterocycles. The van der Waals surface area contributed by atoms with Crippen LogP contribution < -0.4 is 0 Å². The summed E-state index contributed by atoms with van der Waals surface area (Å²) < 4.78 is 6.32. The molecular weight excluding hydrogens is 244 g/mol. The number of carboxylic acid groups (broad SMARTS) is 1. The fraction of sp³-hybridized carbons (Fsp3) is 0.111. The topological polar surface area (TPSA) is 93.5 Å². The van der Waals surface area contributed by atoms with Crippen LogP contribution in [-0.2, 0) is 0 Å². The third-order valence-electron chi connectivity index (χ3n) is 2.42. The molecular formula is C9H6N4O3S. The number of carboxylic acids is 1. The van der Waals surface area contributed by atoms with Gasteiger partial charge in [0.15, 0.2) is 10.7 Å². The molecule has 0 atom stereocenters. The van der Waals surface area contributed by atoms with Gasteiger partial charge in [0.1, 0.15) is 5.69 Å². The lowest BCUT2D eigenvalue weighted by Crippen LogP contribution is -2.00. The summed E-state index contributed by atoms with van der Waals surface area (Å²) in [5, 5.41) is 17.8. The predicted octanol–water partition coefficient (Wildman–Crippen LogP) is 1.45. The molecule has 0 unspecified atom stereocenters. The molecule has 0 bridgehead atoms. The Balaban J connectivity index is 2.26. The number of aryl methyl sites for hydroxylation is 1. The maximum absolute atomic E-state index is 10.9. The molecule has 1 N–H and O–H groups in total. The van der Waals surface area contributed by atoms with Crippen LogP contribution in [0.25, 0.3) is 16.3 Å². The predicted molar refractivity (Wildman–Crippen MR) is 58.1 cm³/mol. The lowest BCUT2D eigenvalue weighted by Gasteiger charge is -1.93. The molecule has 86 valence electrons. The molecule has 3 heterocycles. The number of hydrogen-bond donors (Lipinski definition) is 1. The van der Waals surface area contributed by atoms with Gasteiger partial charge in [-0.2, -0.15) is 0 Å². The van der Waals surface area contributed by atoms with Crippen LogP contribution in [-0.4, -0.2) is 30.8 Å². The highest BCUT2D eigenvalue weighted by molar-refractivity contribution is 7.15. The molecule has 0 saturated carbocycles. The first kappa shape index (κ1) is 9.97. The number of hydrogen-bond acceptors (Lipinski definition) is 6. The van der Waals surface area contributed by atoms with Crippen molar-refractivity contribution in [3.05, 3.63) is 23.0 Å². The van der Waals surface area contributed by atoms with E-state index >= 15 is 0 Å². The van der Waals surface area contributed by atoms with Crippen LogP contribution in [0.2, 0.25) is 0 Å². The molecule has 0 fully saturated rings. The van der Waals surface area contributed by atoms with Gasteiger partial charge in [0, 0.05) is 11.6 Å². The van der Waals surface area contributed by atoms with Crippen molar-refractivity contribution in [2.45, 2.75) is 6.92 Å². The Morgan fingerprint density at radius 3 is 3.00 bits per heavy atom. The van der Waals surface area contributed by atoms with Crippen molar-refractivity contribution in [2.24, 2.45) is 0 Å². The van der Waals surface area contributed by atoms with Crippen LogP contribution >= 0.6 is 11.3 Å². The Morgan fingerprint density at radius 1 is 1.47 bits per heavy atom. The molecule has 17 heavy (non-hydrogen) atoms. The highest BCUT2D eigenvalue weighted by Crippen LogP contribution is 2.26. The van der Waals surface area contributed by atoms with Crippen LogP contribution in [0.15, 0.2) is 16.2 Å². The summed E-state index contributed by atoms with van der Waals surface area (Å²) in [6, 6.07) is 0. The third-order valence-corrected chi connectivity index (χ3v) is 3.17. The van der Waals surface area contributed by atoms with E-state index < -0.39 is 5.97 Å². The van der Waals surface area contributed by atoms with Gasteiger partial charge in [0.05, 0.1) is 5.69 Å². The zero-order valence-electron chi connectivity index (χ0n) is 8.62. The monoisotopic (exact) mass is 250 g/mol. The van der Waals surface area contributed by atoms with Crippen LogP contribution in [0.1, 0.15) is 16.2 Å². The number of imidazole rings is 1. The number of nitrogens with zero attached hydrogens (tertiary/aromatic N) is 4. The summed E-state index contributed by atoms with van der Waals surface area (Å²) in [6.07, 6.45) is 1.86. The van der Waals surface area contributed by atoms with E-state index in [1.807, 2.05) is 22.9 Å². The van der Waals surface area contributed by atoms with Gasteiger partial charge in [-0.05, 0) is 17.2 Å². The molecule has 0 aliphatic carbocycles. The van der Waals surface area contributed by atoms with Gasteiger partial charge < -0.3 is 5.11 Å². The highest BCUT2D eigenvalue weighted by atomic mass is 32.1. The number of carbonyl (C=O) groups is 1. The van der Waals surface area contributed by atoms with Crippen molar-refractivity contribution in [1.82, 2.24) is 19.7 Å². The molecule has 0 aliphatic heterocycles. The fourth-order valence-corrected chi connectivity index (χ4v) is 2.37. The highest BCUT2D eigenvalue weighted by Gasteiger charge is 2.23. The average Bonchev–Trinajstić information content (AvgIpc) is 2.95. The Hall–Kier alpha value is -2.22. The van der Waals surface area contributed by atoms with Crippen LogP contribution in [0.4, 0.5) is 0 Å². The second kappa shape index (κ2) is 3.39. The van der Waals surface area contributed by atoms with Crippen molar-refractivity contribution < 1.29 is 14.5 Å². The van der Waals surface area contributed by atoms with Gasteiger partial charge in [-0.15, -0.1) is 11.3 Å². The van der Waals surface area contributed by atoms with Crippen LogP contribution in [0.5, 0.6) is 0 Å². The normalized spacial score (nSPS) is 11.1. The molecule has 0 radical (unpaired) electrons. The zero-order chi connectivity index (χ0) is 12.0. The summed E-state index contributed by atoms with van der Waals surface area (Å²) in [5.41, 5.74) is 1.22. The number of thiazole rings is 1. The Morgan fingerprint density at radius 2 is 2.29 bits per heavy atom. The molecule has 7 nitrogen and oxygen atoms in total. The van der Waals surface area contributed by atoms with E-state index in [2.05, 4.69) is 19.9 Å². The van der Waals surface area contributed by atoms with E-state index in [1.54, 1.807) is 0 Å². The number of rotatable bonds is 2. The lowest BCUT2D eigenvalue weighted by atomic mass is 10.2. The van der Waals surface area contributed by atoms with Crippen molar-refractivity contribution in [1.29, 1.82) is 0 Å². The van der Waals surface area contributed by atoms with Gasteiger partial charge in [-0.1, -0.05) is 0 Å². The number of aromatic nitrogens is 4. The van der Waals surface area contributed by atoms with E-state index in [-0.39, 0.29) is 11.4 Å². The molecule has 8 heteroatoms. The summed E-state index contributed by atoms with van der Waals surface area (Å²) in [5.74, 6) is -1.18. The van der Waals surface area contributed by atoms with Gasteiger partial charge in [0.2, 0.25) is 5.69 Å². The third kappa shape index (κ3) is 1.34. The lowest BCUT2D eigenvalue weighted by molar-refractivity contribution is 0.0685. The summed E-state index contributed by atoms with van der Waals surface area (Å²) in [6.45, 7) is 1.84. The van der Waals surface area contributed by atoms with Gasteiger partial charge in [0.25, 0.3) is 0 Å². The zero-order valence-corrected chi connectivity index (χ0v) is 9.43. The quantitative estimate of drug-likeness (QED) is 0.739. The van der Waals surface area contributed by atoms with Gasteiger partial charge in [-0.3, -0.25) is 4.40 Å². The summed E-state index contributed by atoms with van der Waals surface area (Å²) in [7, 11) is 0. The van der Waals surface area contributed by atoms with Crippen LogP contribution in [0, 0.1) is 6.92 Å². The van der Waals surface area contributed by atoms with Gasteiger partial charge in [-0.25, -0.2) is 14.4 Å². The number of aromatic carboxylic acids is 1. The standard InChI is InChI=1S/C9H6N4O3S/c1-4-5(10-9-13(4)2-3-17-9)6-7(8(14)15)12-16-11-6/h2-3H,1H3,(H,14,15). The average molecular weight is 250 g/mol.